The van der Waals surface area contributed by atoms with E-state index in [4.69, 9.17) is 9.72 Å². The van der Waals surface area contributed by atoms with E-state index in [-0.39, 0.29) is 5.97 Å². The summed E-state index contributed by atoms with van der Waals surface area (Å²) in [6.45, 7) is 5.18. The first-order valence-electron chi connectivity index (χ1n) is 12.2. The topological polar surface area (TPSA) is 84.3 Å². The van der Waals surface area contributed by atoms with Crippen LogP contribution in [0, 0.1) is 0 Å². The maximum absolute atomic E-state index is 12.6. The first-order chi connectivity index (χ1) is 16.7. The number of esters is 1. The molecule has 0 N–H and O–H groups in total. The fourth-order valence-corrected chi connectivity index (χ4v) is 5.74. The molecule has 0 radical (unpaired) electrons. The summed E-state index contributed by atoms with van der Waals surface area (Å²) in [6.07, 6.45) is 7.99. The third kappa shape index (κ3) is 4.89. The van der Waals surface area contributed by atoms with E-state index in [1.807, 2.05) is 30.3 Å². The summed E-state index contributed by atoms with van der Waals surface area (Å²) in [4.78, 5) is 26.3. The molecule has 3 heterocycles. The maximum Gasteiger partial charge on any atom is 0.343 e. The normalized spacial score (nSPS) is 17.1. The van der Waals surface area contributed by atoms with Gasteiger partial charge in [0, 0.05) is 43.9 Å². The molecule has 2 fully saturated rings. The Morgan fingerprint density at radius 2 is 1.76 bits per heavy atom. The minimum Gasteiger partial charge on any atom is -0.462 e. The van der Waals surface area contributed by atoms with Crippen LogP contribution in [0.1, 0.15) is 60.3 Å². The summed E-state index contributed by atoms with van der Waals surface area (Å²) in [5.41, 5.74) is 1.33. The fraction of sp³-hybridized carbons (Fsp3) is 0.480. The van der Waals surface area contributed by atoms with Crippen molar-refractivity contribution in [2.24, 2.45) is 0 Å². The van der Waals surface area contributed by atoms with E-state index in [2.05, 4.69) is 25.0 Å². The third-order valence-electron chi connectivity index (χ3n) is 6.53. The van der Waals surface area contributed by atoms with Crippen molar-refractivity contribution < 1.29 is 9.53 Å². The molecular formula is C25H30N6O2S. The number of piperazine rings is 1. The Morgan fingerprint density at radius 3 is 2.50 bits per heavy atom. The molecule has 34 heavy (non-hydrogen) atoms. The minimum absolute atomic E-state index is 0.312. The summed E-state index contributed by atoms with van der Waals surface area (Å²) >= 11 is 1.74. The van der Waals surface area contributed by atoms with Crippen LogP contribution < -0.4 is 9.80 Å². The van der Waals surface area contributed by atoms with Gasteiger partial charge in [-0.15, -0.1) is 10.2 Å². The molecule has 1 aliphatic heterocycles. The number of benzene rings is 1. The van der Waals surface area contributed by atoms with Crippen LogP contribution in [0.5, 0.6) is 0 Å². The third-order valence-corrected chi connectivity index (χ3v) is 7.68. The van der Waals surface area contributed by atoms with E-state index in [0.717, 1.165) is 36.9 Å². The highest BCUT2D eigenvalue weighted by atomic mass is 32.1. The lowest BCUT2D eigenvalue weighted by Gasteiger charge is -2.35. The smallest absolute Gasteiger partial charge is 0.343 e. The predicted octanol–water partition coefficient (Wildman–Crippen LogP) is 4.55. The highest BCUT2D eigenvalue weighted by molar-refractivity contribution is 7.15. The van der Waals surface area contributed by atoms with Crippen LogP contribution in [0.25, 0.3) is 11.4 Å². The quantitative estimate of drug-likeness (QED) is 0.477. The number of nitrogens with zero attached hydrogens (tertiary/aromatic N) is 6. The first-order valence-corrected chi connectivity index (χ1v) is 13.0. The molecule has 8 nitrogen and oxygen atoms in total. The molecule has 178 valence electrons. The number of carbonyl (C=O) groups excluding carboxylic acids is 1. The molecule has 3 aromatic rings. The Bertz CT molecular complexity index is 1110. The van der Waals surface area contributed by atoms with Gasteiger partial charge in [0.05, 0.1) is 6.61 Å². The molecule has 2 aromatic heterocycles. The molecule has 1 saturated carbocycles. The molecule has 0 atom stereocenters. The second kappa shape index (κ2) is 10.5. The summed E-state index contributed by atoms with van der Waals surface area (Å²) in [5.74, 6) is 1.42. The fourth-order valence-electron chi connectivity index (χ4n) is 4.67. The molecular weight excluding hydrogens is 448 g/mol. The summed E-state index contributed by atoms with van der Waals surface area (Å²) in [6, 6.07) is 9.82. The van der Waals surface area contributed by atoms with Crippen molar-refractivity contribution in [3.05, 3.63) is 47.1 Å². The maximum atomic E-state index is 12.6. The molecule has 1 saturated heterocycles. The number of ether oxygens (including phenoxy) is 1. The largest absolute Gasteiger partial charge is 0.462 e. The Morgan fingerprint density at radius 1 is 1.03 bits per heavy atom. The van der Waals surface area contributed by atoms with E-state index in [9.17, 15) is 4.79 Å². The van der Waals surface area contributed by atoms with Gasteiger partial charge in [0.1, 0.15) is 16.4 Å². The highest BCUT2D eigenvalue weighted by Gasteiger charge is 2.27. The summed E-state index contributed by atoms with van der Waals surface area (Å²) in [5, 5.41) is 11.2. The Balaban J connectivity index is 1.33. The van der Waals surface area contributed by atoms with Crippen molar-refractivity contribution in [3.63, 3.8) is 0 Å². The summed E-state index contributed by atoms with van der Waals surface area (Å²) in [7, 11) is 0. The van der Waals surface area contributed by atoms with Gasteiger partial charge in [-0.2, -0.15) is 0 Å². The van der Waals surface area contributed by atoms with E-state index < -0.39 is 0 Å². The van der Waals surface area contributed by atoms with Crippen LogP contribution >= 0.6 is 11.3 Å². The number of anilines is 2. The van der Waals surface area contributed by atoms with Gasteiger partial charge >= 0.3 is 5.97 Å². The van der Waals surface area contributed by atoms with E-state index in [1.165, 1.54) is 37.1 Å². The van der Waals surface area contributed by atoms with Crippen LogP contribution in [0.3, 0.4) is 0 Å². The SMILES string of the molecule is CCOC(=O)c1cnc(-c2ccccc2)nc1N1CCN(c2nnc(C3CCCCC3)s2)CC1. The van der Waals surface area contributed by atoms with Gasteiger partial charge in [-0.3, -0.25) is 0 Å². The summed E-state index contributed by atoms with van der Waals surface area (Å²) < 4.78 is 5.28. The van der Waals surface area contributed by atoms with Crippen molar-refractivity contribution >= 4 is 28.3 Å². The molecule has 0 bridgehead atoms. The van der Waals surface area contributed by atoms with Crippen molar-refractivity contribution in [1.29, 1.82) is 0 Å². The van der Waals surface area contributed by atoms with Crippen LogP contribution in [0.2, 0.25) is 0 Å². The zero-order valence-electron chi connectivity index (χ0n) is 19.5. The van der Waals surface area contributed by atoms with Crippen molar-refractivity contribution in [2.45, 2.75) is 44.9 Å². The Labute approximate surface area is 204 Å². The zero-order chi connectivity index (χ0) is 23.3. The van der Waals surface area contributed by atoms with Gasteiger partial charge in [0.2, 0.25) is 5.13 Å². The Kier molecular flexibility index (Phi) is 6.99. The molecule has 0 amide bonds. The lowest BCUT2D eigenvalue weighted by molar-refractivity contribution is 0.0526. The predicted molar refractivity (Wildman–Crippen MR) is 134 cm³/mol. The molecule has 9 heteroatoms. The van der Waals surface area contributed by atoms with E-state index >= 15 is 0 Å². The molecule has 5 rings (SSSR count). The van der Waals surface area contributed by atoms with Gasteiger partial charge in [-0.25, -0.2) is 14.8 Å². The molecule has 1 aromatic carbocycles. The lowest BCUT2D eigenvalue weighted by atomic mass is 9.90. The van der Waals surface area contributed by atoms with Gasteiger partial charge in [-0.1, -0.05) is 60.9 Å². The average molecular weight is 479 g/mol. The minimum atomic E-state index is -0.388. The number of aromatic nitrogens is 4. The van der Waals surface area contributed by atoms with Crippen LogP contribution in [0.4, 0.5) is 10.9 Å². The first kappa shape index (κ1) is 22.7. The number of carbonyl (C=O) groups is 1. The molecule has 0 unspecified atom stereocenters. The van der Waals surface area contributed by atoms with Crippen LogP contribution in [-0.2, 0) is 4.74 Å². The van der Waals surface area contributed by atoms with Crippen molar-refractivity contribution in [1.82, 2.24) is 20.2 Å². The van der Waals surface area contributed by atoms with Crippen molar-refractivity contribution in [3.8, 4) is 11.4 Å². The lowest BCUT2D eigenvalue weighted by Crippen LogP contribution is -2.47. The Hall–Kier alpha value is -3.07. The van der Waals surface area contributed by atoms with Gasteiger partial charge in [0.15, 0.2) is 5.82 Å². The number of hydrogen-bond acceptors (Lipinski definition) is 9. The second-order valence-corrected chi connectivity index (χ2v) is 9.74. The average Bonchev–Trinajstić information content (AvgIpc) is 3.40. The van der Waals surface area contributed by atoms with Gasteiger partial charge in [0.25, 0.3) is 0 Å². The molecule has 2 aliphatic rings. The number of rotatable bonds is 6. The monoisotopic (exact) mass is 478 g/mol. The van der Waals surface area contributed by atoms with Crippen LogP contribution in [0.15, 0.2) is 36.5 Å². The molecule has 0 spiro atoms. The van der Waals surface area contributed by atoms with Crippen LogP contribution in [-0.4, -0.2) is 58.9 Å². The highest BCUT2D eigenvalue weighted by Crippen LogP contribution is 2.36. The number of hydrogen-bond donors (Lipinski definition) is 0. The van der Waals surface area contributed by atoms with Crippen molar-refractivity contribution in [2.75, 3.05) is 42.6 Å². The van der Waals surface area contributed by atoms with Gasteiger partial charge < -0.3 is 14.5 Å². The van der Waals surface area contributed by atoms with E-state index in [0.29, 0.717) is 29.7 Å². The standard InChI is InChI=1S/C25H30N6O2S/c1-2-33-24(32)20-17-26-21(18-9-5-3-6-10-18)27-22(20)30-13-15-31(16-14-30)25-29-28-23(34-25)19-11-7-4-8-12-19/h3,5-6,9-10,17,19H,2,4,7-8,11-16H2,1H3. The zero-order valence-corrected chi connectivity index (χ0v) is 20.3. The second-order valence-electron chi connectivity index (χ2n) is 8.75. The van der Waals surface area contributed by atoms with Gasteiger partial charge in [-0.05, 0) is 19.8 Å². The molecule has 1 aliphatic carbocycles. The van der Waals surface area contributed by atoms with E-state index in [1.54, 1.807) is 24.5 Å².